The van der Waals surface area contributed by atoms with Gasteiger partial charge in [-0.3, -0.25) is 0 Å². The normalized spacial score (nSPS) is 17.2. The zero-order chi connectivity index (χ0) is 12.8. The van der Waals surface area contributed by atoms with Crippen LogP contribution in [0.5, 0.6) is 0 Å². The highest BCUT2D eigenvalue weighted by molar-refractivity contribution is 4.98. The van der Waals surface area contributed by atoms with E-state index in [2.05, 4.69) is 21.7 Å². The molecule has 2 N–H and O–H groups in total. The van der Waals surface area contributed by atoms with Gasteiger partial charge in [-0.15, -0.1) is 10.2 Å². The summed E-state index contributed by atoms with van der Waals surface area (Å²) in [7, 11) is 0. The van der Waals surface area contributed by atoms with E-state index in [0.29, 0.717) is 0 Å². The highest BCUT2D eigenvalue weighted by Gasteiger charge is 2.15. The van der Waals surface area contributed by atoms with E-state index in [-0.39, 0.29) is 0 Å². The van der Waals surface area contributed by atoms with Crippen LogP contribution in [0.3, 0.4) is 0 Å². The van der Waals surface area contributed by atoms with Gasteiger partial charge >= 0.3 is 0 Å². The second-order valence-electron chi connectivity index (χ2n) is 5.39. The predicted octanol–water partition coefficient (Wildman–Crippen LogP) is 2.31. The van der Waals surface area contributed by atoms with Crippen LogP contribution in [-0.2, 0) is 19.4 Å². The van der Waals surface area contributed by atoms with Crippen molar-refractivity contribution in [3.63, 3.8) is 0 Å². The van der Waals surface area contributed by atoms with Gasteiger partial charge in [-0.25, -0.2) is 0 Å². The van der Waals surface area contributed by atoms with Crippen molar-refractivity contribution in [2.45, 2.75) is 64.8 Å². The second kappa shape index (κ2) is 6.88. The first-order valence-electron chi connectivity index (χ1n) is 7.46. The number of fused-ring (bicyclic) bond motifs is 1. The fourth-order valence-corrected chi connectivity index (χ4v) is 2.85. The van der Waals surface area contributed by atoms with Crippen LogP contribution in [0.1, 0.15) is 57.1 Å². The minimum atomic E-state index is 0.744. The van der Waals surface area contributed by atoms with Crippen molar-refractivity contribution in [1.29, 1.82) is 0 Å². The molecule has 0 radical (unpaired) electrons. The van der Waals surface area contributed by atoms with Gasteiger partial charge < -0.3 is 10.3 Å². The van der Waals surface area contributed by atoms with Gasteiger partial charge in [0.15, 0.2) is 0 Å². The number of aromatic nitrogens is 3. The average Bonchev–Trinajstić information content (AvgIpc) is 2.62. The molecule has 2 rings (SSSR count). The smallest absolute Gasteiger partial charge is 0.133 e. The third-order valence-corrected chi connectivity index (χ3v) is 4.11. The van der Waals surface area contributed by atoms with Gasteiger partial charge in [0.1, 0.15) is 11.6 Å². The van der Waals surface area contributed by atoms with E-state index in [1.54, 1.807) is 0 Å². The lowest BCUT2D eigenvalue weighted by Crippen LogP contribution is -2.11. The van der Waals surface area contributed by atoms with Crippen molar-refractivity contribution >= 4 is 0 Å². The topological polar surface area (TPSA) is 56.7 Å². The Morgan fingerprint density at radius 3 is 2.89 bits per heavy atom. The van der Waals surface area contributed by atoms with Crippen molar-refractivity contribution in [3.8, 4) is 0 Å². The largest absolute Gasteiger partial charge is 0.330 e. The standard InChI is InChI=1S/C14H26N4/c1-2-12(9-10-15)7-8-14-17-16-13-6-4-3-5-11-18(13)14/h12H,2-11,15H2,1H3. The average molecular weight is 250 g/mol. The van der Waals surface area contributed by atoms with Crippen molar-refractivity contribution in [2.24, 2.45) is 11.7 Å². The van der Waals surface area contributed by atoms with Crippen LogP contribution in [-0.4, -0.2) is 21.3 Å². The van der Waals surface area contributed by atoms with Crippen LogP contribution < -0.4 is 5.73 Å². The Morgan fingerprint density at radius 2 is 2.11 bits per heavy atom. The first kappa shape index (κ1) is 13.5. The predicted molar refractivity (Wildman–Crippen MR) is 73.4 cm³/mol. The first-order valence-corrected chi connectivity index (χ1v) is 7.46. The lowest BCUT2D eigenvalue weighted by atomic mass is 9.96. The second-order valence-corrected chi connectivity index (χ2v) is 5.39. The highest BCUT2D eigenvalue weighted by Crippen LogP contribution is 2.18. The van der Waals surface area contributed by atoms with E-state index in [1.807, 2.05) is 0 Å². The maximum Gasteiger partial charge on any atom is 0.133 e. The fraction of sp³-hybridized carbons (Fsp3) is 0.857. The molecule has 4 heteroatoms. The molecule has 0 saturated carbocycles. The summed E-state index contributed by atoms with van der Waals surface area (Å²) in [5.74, 6) is 3.14. The summed E-state index contributed by atoms with van der Waals surface area (Å²) < 4.78 is 2.36. The van der Waals surface area contributed by atoms with Crippen LogP contribution in [0.15, 0.2) is 0 Å². The van der Waals surface area contributed by atoms with Crippen LogP contribution in [0.4, 0.5) is 0 Å². The third-order valence-electron chi connectivity index (χ3n) is 4.11. The Kier molecular flexibility index (Phi) is 5.17. The summed E-state index contributed by atoms with van der Waals surface area (Å²) >= 11 is 0. The van der Waals surface area contributed by atoms with Gasteiger partial charge in [0, 0.05) is 19.4 Å². The van der Waals surface area contributed by atoms with Gasteiger partial charge in [-0.2, -0.15) is 0 Å². The summed E-state index contributed by atoms with van der Waals surface area (Å²) in [6.07, 6.45) is 9.59. The molecule has 0 aromatic carbocycles. The Labute approximate surface area is 110 Å². The summed E-state index contributed by atoms with van der Waals surface area (Å²) in [5.41, 5.74) is 5.65. The molecule has 0 bridgehead atoms. The van der Waals surface area contributed by atoms with Gasteiger partial charge in [0.25, 0.3) is 0 Å². The molecular formula is C14H26N4. The molecule has 1 aromatic heterocycles. The van der Waals surface area contributed by atoms with Gasteiger partial charge in [-0.05, 0) is 38.1 Å². The minimum Gasteiger partial charge on any atom is -0.330 e. The maximum atomic E-state index is 5.65. The molecule has 2 heterocycles. The molecule has 0 fully saturated rings. The molecule has 4 nitrogen and oxygen atoms in total. The minimum absolute atomic E-state index is 0.744. The Morgan fingerprint density at radius 1 is 1.22 bits per heavy atom. The van der Waals surface area contributed by atoms with Crippen molar-refractivity contribution < 1.29 is 0 Å². The number of hydrogen-bond donors (Lipinski definition) is 1. The molecule has 1 aromatic rings. The van der Waals surface area contributed by atoms with Crippen LogP contribution >= 0.6 is 0 Å². The van der Waals surface area contributed by atoms with E-state index in [1.165, 1.54) is 43.8 Å². The lowest BCUT2D eigenvalue weighted by molar-refractivity contribution is 0.433. The van der Waals surface area contributed by atoms with E-state index < -0.39 is 0 Å². The first-order chi connectivity index (χ1) is 8.85. The van der Waals surface area contributed by atoms with Gasteiger partial charge in [0.2, 0.25) is 0 Å². The molecule has 0 amide bonds. The number of nitrogens with zero attached hydrogens (tertiary/aromatic N) is 3. The number of rotatable bonds is 6. The summed E-state index contributed by atoms with van der Waals surface area (Å²) in [6, 6.07) is 0. The third kappa shape index (κ3) is 3.31. The monoisotopic (exact) mass is 250 g/mol. The molecule has 1 aliphatic rings. The van der Waals surface area contributed by atoms with E-state index in [4.69, 9.17) is 5.73 Å². The van der Waals surface area contributed by atoms with Crippen LogP contribution in [0, 0.1) is 5.92 Å². The van der Waals surface area contributed by atoms with Crippen LogP contribution in [0.25, 0.3) is 0 Å². The molecule has 0 spiro atoms. The number of aryl methyl sites for hydroxylation is 2. The summed E-state index contributed by atoms with van der Waals surface area (Å²) in [4.78, 5) is 0. The summed E-state index contributed by atoms with van der Waals surface area (Å²) in [6.45, 7) is 4.17. The van der Waals surface area contributed by atoms with E-state index >= 15 is 0 Å². The van der Waals surface area contributed by atoms with E-state index in [0.717, 1.165) is 38.3 Å². The molecule has 18 heavy (non-hydrogen) atoms. The van der Waals surface area contributed by atoms with Crippen molar-refractivity contribution in [1.82, 2.24) is 14.8 Å². The number of nitrogens with two attached hydrogens (primary N) is 1. The molecular weight excluding hydrogens is 224 g/mol. The molecule has 0 saturated heterocycles. The molecule has 0 aliphatic carbocycles. The summed E-state index contributed by atoms with van der Waals surface area (Å²) in [5, 5.41) is 8.74. The van der Waals surface area contributed by atoms with Crippen molar-refractivity contribution in [3.05, 3.63) is 11.6 Å². The zero-order valence-corrected chi connectivity index (χ0v) is 11.6. The Hall–Kier alpha value is -0.900. The molecule has 1 atom stereocenters. The quantitative estimate of drug-likeness (QED) is 0.843. The van der Waals surface area contributed by atoms with Crippen molar-refractivity contribution in [2.75, 3.05) is 6.54 Å². The lowest BCUT2D eigenvalue weighted by Gasteiger charge is -2.13. The van der Waals surface area contributed by atoms with Gasteiger partial charge in [-0.1, -0.05) is 19.8 Å². The maximum absolute atomic E-state index is 5.65. The van der Waals surface area contributed by atoms with Gasteiger partial charge in [0.05, 0.1) is 0 Å². The van der Waals surface area contributed by atoms with Crippen LogP contribution in [0.2, 0.25) is 0 Å². The molecule has 1 unspecified atom stereocenters. The SMILES string of the molecule is CCC(CCN)CCc1nnc2n1CCCCC2. The zero-order valence-electron chi connectivity index (χ0n) is 11.6. The Balaban J connectivity index is 1.95. The van der Waals surface area contributed by atoms with E-state index in [9.17, 15) is 0 Å². The molecule has 1 aliphatic heterocycles. The fourth-order valence-electron chi connectivity index (χ4n) is 2.85. The molecule has 102 valence electrons. The highest BCUT2D eigenvalue weighted by atomic mass is 15.3. The Bertz CT molecular complexity index is 359. The number of hydrogen-bond acceptors (Lipinski definition) is 3.